The first kappa shape index (κ1) is 17.3. The minimum Gasteiger partial charge on any atom is -0.337 e. The molecule has 1 N–H and O–H groups in total. The van der Waals surface area contributed by atoms with Gasteiger partial charge in [0, 0.05) is 25.2 Å². The van der Waals surface area contributed by atoms with E-state index in [9.17, 15) is 18.4 Å². The Morgan fingerprint density at radius 2 is 2.12 bits per heavy atom. The monoisotopic (exact) mass is 347 g/mol. The smallest absolute Gasteiger partial charge is 0.274 e. The molecule has 1 aliphatic rings. The van der Waals surface area contributed by atoms with Gasteiger partial charge in [0.25, 0.3) is 11.5 Å². The maximum absolute atomic E-state index is 13.7. The number of nitrogens with zero attached hydrogens (tertiary/aromatic N) is 2. The molecule has 1 aromatic carbocycles. The van der Waals surface area contributed by atoms with Crippen molar-refractivity contribution in [1.82, 2.24) is 15.1 Å². The van der Waals surface area contributed by atoms with Crippen molar-refractivity contribution in [3.8, 4) is 0 Å². The number of hydrogen-bond acceptors (Lipinski definition) is 3. The van der Waals surface area contributed by atoms with E-state index in [1.54, 1.807) is 4.90 Å². The fourth-order valence-corrected chi connectivity index (χ4v) is 3.19. The third-order valence-corrected chi connectivity index (χ3v) is 4.54. The van der Waals surface area contributed by atoms with Crippen molar-refractivity contribution < 1.29 is 13.6 Å². The van der Waals surface area contributed by atoms with Crippen molar-refractivity contribution >= 4 is 5.91 Å². The number of piperidine rings is 1. The van der Waals surface area contributed by atoms with Gasteiger partial charge < -0.3 is 4.90 Å². The highest BCUT2D eigenvalue weighted by Crippen LogP contribution is 2.23. The molecule has 1 amide bonds. The average molecular weight is 347 g/mol. The highest BCUT2D eigenvalue weighted by Gasteiger charge is 2.25. The van der Waals surface area contributed by atoms with Crippen LogP contribution in [0.1, 0.15) is 35.3 Å². The first-order chi connectivity index (χ1) is 12.0. The second-order valence-electron chi connectivity index (χ2n) is 6.34. The number of amides is 1. The van der Waals surface area contributed by atoms with Gasteiger partial charge in [-0.3, -0.25) is 9.59 Å². The van der Waals surface area contributed by atoms with Crippen molar-refractivity contribution in [1.29, 1.82) is 0 Å². The lowest BCUT2D eigenvalue weighted by Crippen LogP contribution is -2.40. The summed E-state index contributed by atoms with van der Waals surface area (Å²) in [5.74, 6) is -1.07. The molecule has 2 heterocycles. The fourth-order valence-electron chi connectivity index (χ4n) is 3.19. The predicted molar refractivity (Wildman–Crippen MR) is 88.2 cm³/mol. The Morgan fingerprint density at radius 3 is 2.84 bits per heavy atom. The van der Waals surface area contributed by atoms with Crippen LogP contribution >= 0.6 is 0 Å². The van der Waals surface area contributed by atoms with E-state index in [-0.39, 0.29) is 23.1 Å². The van der Waals surface area contributed by atoms with Crippen LogP contribution in [0.2, 0.25) is 0 Å². The topological polar surface area (TPSA) is 66.1 Å². The van der Waals surface area contributed by atoms with Gasteiger partial charge in [0.1, 0.15) is 17.3 Å². The number of likely N-dealkylation sites (tertiary alicyclic amines) is 1. The number of aromatic amines is 1. The molecule has 0 radical (unpaired) electrons. The molecular weight excluding hydrogens is 328 g/mol. The number of hydrogen-bond donors (Lipinski definition) is 1. The lowest BCUT2D eigenvalue weighted by molar-refractivity contribution is 0.0661. The maximum atomic E-state index is 13.7. The second-order valence-corrected chi connectivity index (χ2v) is 6.34. The zero-order chi connectivity index (χ0) is 17.8. The molecule has 0 bridgehead atoms. The summed E-state index contributed by atoms with van der Waals surface area (Å²) in [5.41, 5.74) is 0.353. The van der Waals surface area contributed by atoms with Crippen LogP contribution in [0.3, 0.4) is 0 Å². The number of aromatic nitrogens is 2. The molecule has 3 rings (SSSR count). The molecule has 25 heavy (non-hydrogen) atoms. The first-order valence-corrected chi connectivity index (χ1v) is 8.32. The third kappa shape index (κ3) is 4.29. The zero-order valence-electron chi connectivity index (χ0n) is 13.7. The minimum absolute atomic E-state index is 0.213. The summed E-state index contributed by atoms with van der Waals surface area (Å²) >= 11 is 0. The summed E-state index contributed by atoms with van der Waals surface area (Å²) in [6.07, 6.45) is 3.07. The summed E-state index contributed by atoms with van der Waals surface area (Å²) in [5, 5.41) is 6.04. The molecule has 132 valence electrons. The Bertz CT molecular complexity index is 802. The number of carbonyl (C=O) groups is 1. The fraction of sp³-hybridized carbons (Fsp3) is 0.389. The Labute approximate surface area is 143 Å². The van der Waals surface area contributed by atoms with Gasteiger partial charge in [0.2, 0.25) is 0 Å². The molecule has 0 unspecified atom stereocenters. The van der Waals surface area contributed by atoms with Crippen LogP contribution in [0, 0.1) is 17.6 Å². The average Bonchev–Trinajstić information content (AvgIpc) is 2.61. The van der Waals surface area contributed by atoms with Gasteiger partial charge in [0.15, 0.2) is 0 Å². The van der Waals surface area contributed by atoms with Crippen LogP contribution in [0.4, 0.5) is 8.78 Å². The van der Waals surface area contributed by atoms with Crippen LogP contribution in [0.5, 0.6) is 0 Å². The largest absolute Gasteiger partial charge is 0.337 e. The van der Waals surface area contributed by atoms with E-state index in [0.29, 0.717) is 25.1 Å². The van der Waals surface area contributed by atoms with Crippen molar-refractivity contribution in [2.45, 2.75) is 25.7 Å². The second kappa shape index (κ2) is 7.55. The summed E-state index contributed by atoms with van der Waals surface area (Å²) in [6, 6.07) is 6.32. The molecule has 1 fully saturated rings. The number of halogens is 2. The highest BCUT2D eigenvalue weighted by atomic mass is 19.1. The molecule has 0 aliphatic carbocycles. The Balaban J connectivity index is 1.60. The van der Waals surface area contributed by atoms with Crippen LogP contribution in [-0.4, -0.2) is 34.1 Å². The molecule has 0 saturated carbocycles. The third-order valence-electron chi connectivity index (χ3n) is 4.54. The molecule has 0 spiro atoms. The number of aryl methyl sites for hydroxylation is 1. The van der Waals surface area contributed by atoms with Gasteiger partial charge in [-0.05, 0) is 49.3 Å². The molecule has 1 saturated heterocycles. The van der Waals surface area contributed by atoms with E-state index in [1.807, 2.05) is 0 Å². The summed E-state index contributed by atoms with van der Waals surface area (Å²) in [6.45, 7) is 1.21. The number of rotatable bonds is 4. The SMILES string of the molecule is O=C(c1ccc(=O)[nH]n1)N1CCC[C@@H](CCc2ccc(F)cc2F)C1. The normalized spacial score (nSPS) is 17.5. The number of nitrogens with one attached hydrogen (secondary N) is 1. The van der Waals surface area contributed by atoms with Gasteiger partial charge in [0.05, 0.1) is 0 Å². The Hall–Kier alpha value is -2.57. The Kier molecular flexibility index (Phi) is 5.21. The van der Waals surface area contributed by atoms with E-state index in [1.165, 1.54) is 24.3 Å². The number of H-pyrrole nitrogens is 1. The minimum atomic E-state index is -0.580. The van der Waals surface area contributed by atoms with Crippen molar-refractivity contribution in [3.63, 3.8) is 0 Å². The van der Waals surface area contributed by atoms with Crippen LogP contribution in [-0.2, 0) is 6.42 Å². The Morgan fingerprint density at radius 1 is 1.28 bits per heavy atom. The summed E-state index contributed by atoms with van der Waals surface area (Å²) in [4.78, 5) is 25.2. The van der Waals surface area contributed by atoms with Crippen molar-refractivity contribution in [2.75, 3.05) is 13.1 Å². The highest BCUT2D eigenvalue weighted by molar-refractivity contribution is 5.92. The van der Waals surface area contributed by atoms with Gasteiger partial charge >= 0.3 is 0 Å². The lowest BCUT2D eigenvalue weighted by atomic mass is 9.91. The number of carbonyl (C=O) groups excluding carboxylic acids is 1. The van der Waals surface area contributed by atoms with E-state index in [4.69, 9.17) is 0 Å². The van der Waals surface area contributed by atoms with Crippen molar-refractivity contribution in [2.24, 2.45) is 5.92 Å². The molecule has 1 atom stereocenters. The van der Waals surface area contributed by atoms with E-state index >= 15 is 0 Å². The summed E-state index contributed by atoms with van der Waals surface area (Å²) in [7, 11) is 0. The molecule has 1 aromatic heterocycles. The van der Waals surface area contributed by atoms with Crippen LogP contribution in [0.25, 0.3) is 0 Å². The summed E-state index contributed by atoms with van der Waals surface area (Å²) < 4.78 is 26.7. The molecule has 7 heteroatoms. The predicted octanol–water partition coefficient (Wildman–Crippen LogP) is 2.53. The van der Waals surface area contributed by atoms with Gasteiger partial charge in [-0.25, -0.2) is 13.9 Å². The molecular formula is C18H19F2N3O2. The molecule has 1 aliphatic heterocycles. The van der Waals surface area contributed by atoms with Gasteiger partial charge in [-0.1, -0.05) is 6.07 Å². The van der Waals surface area contributed by atoms with E-state index in [2.05, 4.69) is 10.2 Å². The van der Waals surface area contributed by atoms with Crippen LogP contribution in [0.15, 0.2) is 35.1 Å². The molecule has 2 aromatic rings. The van der Waals surface area contributed by atoms with Gasteiger partial charge in [-0.15, -0.1) is 0 Å². The van der Waals surface area contributed by atoms with E-state index in [0.717, 1.165) is 25.3 Å². The standard InChI is InChI=1S/C18H19F2N3O2/c19-14-6-5-13(15(20)10-14)4-3-12-2-1-9-23(11-12)18(25)16-7-8-17(24)22-21-16/h5-8,10,12H,1-4,9,11H2,(H,22,24)/t12-/m0/s1. The van der Waals surface area contributed by atoms with E-state index < -0.39 is 11.6 Å². The van der Waals surface area contributed by atoms with Crippen molar-refractivity contribution in [3.05, 3.63) is 63.6 Å². The quantitative estimate of drug-likeness (QED) is 0.924. The van der Waals surface area contributed by atoms with Crippen LogP contribution < -0.4 is 5.56 Å². The zero-order valence-corrected chi connectivity index (χ0v) is 13.7. The number of benzene rings is 1. The maximum Gasteiger partial charge on any atom is 0.274 e. The van der Waals surface area contributed by atoms with Gasteiger partial charge in [-0.2, -0.15) is 5.10 Å². The molecule has 5 nitrogen and oxygen atoms in total. The lowest BCUT2D eigenvalue weighted by Gasteiger charge is -2.32. The first-order valence-electron chi connectivity index (χ1n) is 8.32.